The van der Waals surface area contributed by atoms with Gasteiger partial charge in [-0.05, 0) is 0 Å². The number of aliphatic hydroxyl groups is 4. The summed E-state index contributed by atoms with van der Waals surface area (Å²) in [7, 11) is 0. The fourth-order valence-electron chi connectivity index (χ4n) is 1.51. The second-order valence-electron chi connectivity index (χ2n) is 3.46. The Morgan fingerprint density at radius 3 is 2.60 bits per heavy atom. The topological polar surface area (TPSA) is 119 Å². The predicted molar refractivity (Wildman–Crippen MR) is 47.6 cm³/mol. The minimum atomic E-state index is -1.39. The van der Waals surface area contributed by atoms with E-state index in [-0.39, 0.29) is 0 Å². The lowest BCUT2D eigenvalue weighted by molar-refractivity contribution is -0.141. The first-order valence-corrected chi connectivity index (χ1v) is 4.55. The Morgan fingerprint density at radius 2 is 2.13 bits per heavy atom. The molecule has 0 spiro atoms. The van der Waals surface area contributed by atoms with E-state index in [4.69, 9.17) is 9.84 Å². The van der Waals surface area contributed by atoms with Crippen LogP contribution in [0.2, 0.25) is 0 Å². The Labute approximate surface area is 86.3 Å². The quantitative estimate of drug-likeness (QED) is 0.345. The maximum absolute atomic E-state index is 10.7. The van der Waals surface area contributed by atoms with E-state index in [1.54, 1.807) is 0 Å². The maximum Gasteiger partial charge on any atom is 0.217 e. The first kappa shape index (κ1) is 12.3. The number of hydrogen-bond donors (Lipinski definition) is 5. The molecule has 1 aliphatic heterocycles. The molecule has 0 unspecified atom stereocenters. The molecule has 0 aromatic rings. The fourth-order valence-corrected chi connectivity index (χ4v) is 1.51. The van der Waals surface area contributed by atoms with Crippen molar-refractivity contribution < 1.29 is 30.0 Å². The van der Waals surface area contributed by atoms with Crippen LogP contribution in [0, 0.1) is 0 Å². The van der Waals surface area contributed by atoms with Crippen LogP contribution < -0.4 is 5.32 Å². The van der Waals surface area contributed by atoms with Gasteiger partial charge in [-0.1, -0.05) is 0 Å². The van der Waals surface area contributed by atoms with Gasteiger partial charge < -0.3 is 30.5 Å². The minimum Gasteiger partial charge on any atom is -0.394 e. The summed E-state index contributed by atoms with van der Waals surface area (Å²) < 4.78 is 4.82. The SMILES string of the molecule is CC(=O)N[C@@H]1[C@@H](O)[C@H]([C@H](O)CO)O[C@@H]1O. The Bertz CT molecular complexity index is 235. The van der Waals surface area contributed by atoms with Gasteiger partial charge in [-0.2, -0.15) is 0 Å². The zero-order valence-corrected chi connectivity index (χ0v) is 8.20. The molecule has 0 aromatic heterocycles. The highest BCUT2D eigenvalue weighted by Gasteiger charge is 2.46. The highest BCUT2D eigenvalue weighted by molar-refractivity contribution is 5.73. The smallest absolute Gasteiger partial charge is 0.217 e. The lowest BCUT2D eigenvalue weighted by atomic mass is 10.0. The normalized spacial score (nSPS) is 37.7. The highest BCUT2D eigenvalue weighted by Crippen LogP contribution is 2.22. The van der Waals surface area contributed by atoms with E-state index < -0.39 is 43.2 Å². The molecule has 7 nitrogen and oxygen atoms in total. The summed E-state index contributed by atoms with van der Waals surface area (Å²) in [5, 5.41) is 39.1. The zero-order chi connectivity index (χ0) is 11.6. The van der Waals surface area contributed by atoms with Gasteiger partial charge in [0.2, 0.25) is 5.91 Å². The molecule has 0 bridgehead atoms. The van der Waals surface area contributed by atoms with Crippen molar-refractivity contribution in [1.29, 1.82) is 0 Å². The second-order valence-corrected chi connectivity index (χ2v) is 3.46. The van der Waals surface area contributed by atoms with Crippen LogP contribution in [-0.4, -0.2) is 63.6 Å². The fraction of sp³-hybridized carbons (Fsp3) is 0.875. The van der Waals surface area contributed by atoms with Crippen LogP contribution in [0.15, 0.2) is 0 Å². The maximum atomic E-state index is 10.7. The molecule has 1 fully saturated rings. The molecule has 0 aliphatic carbocycles. The molecule has 0 aromatic carbocycles. The highest BCUT2D eigenvalue weighted by atomic mass is 16.6. The number of nitrogens with one attached hydrogen (secondary N) is 1. The summed E-state index contributed by atoms with van der Waals surface area (Å²) in [5.74, 6) is -0.430. The lowest BCUT2D eigenvalue weighted by Gasteiger charge is -2.20. The van der Waals surface area contributed by atoms with Crippen molar-refractivity contribution in [3.63, 3.8) is 0 Å². The van der Waals surface area contributed by atoms with Crippen molar-refractivity contribution in [3.05, 3.63) is 0 Å². The molecule has 1 amide bonds. The third-order valence-electron chi connectivity index (χ3n) is 2.24. The zero-order valence-electron chi connectivity index (χ0n) is 8.20. The van der Waals surface area contributed by atoms with Crippen LogP contribution in [0.25, 0.3) is 0 Å². The molecular formula is C8H15NO6. The van der Waals surface area contributed by atoms with Crippen LogP contribution in [-0.2, 0) is 9.53 Å². The summed E-state index contributed by atoms with van der Waals surface area (Å²) in [5.41, 5.74) is 0. The van der Waals surface area contributed by atoms with Crippen molar-refractivity contribution in [2.75, 3.05) is 6.61 Å². The third kappa shape index (κ3) is 2.64. The summed E-state index contributed by atoms with van der Waals surface area (Å²) >= 11 is 0. The molecule has 15 heavy (non-hydrogen) atoms. The van der Waals surface area contributed by atoms with E-state index >= 15 is 0 Å². The molecule has 88 valence electrons. The average Bonchev–Trinajstić information content (AvgIpc) is 2.44. The standard InChI is InChI=1S/C8H15NO6/c1-3(11)9-5-6(13)7(4(12)2-10)15-8(5)14/h4-8,10,12-14H,2H2,1H3,(H,9,11)/t4-,5-,6-,7+,8+/m1/s1. The molecule has 1 rings (SSSR count). The molecule has 0 radical (unpaired) electrons. The Kier molecular flexibility index (Phi) is 4.00. The molecule has 5 atom stereocenters. The van der Waals surface area contributed by atoms with Crippen molar-refractivity contribution >= 4 is 5.91 Å². The monoisotopic (exact) mass is 221 g/mol. The first-order chi connectivity index (χ1) is 6.97. The third-order valence-corrected chi connectivity index (χ3v) is 2.24. The van der Waals surface area contributed by atoms with Crippen LogP contribution >= 0.6 is 0 Å². The van der Waals surface area contributed by atoms with E-state index in [1.165, 1.54) is 6.92 Å². The first-order valence-electron chi connectivity index (χ1n) is 4.55. The number of rotatable bonds is 3. The van der Waals surface area contributed by atoms with E-state index in [0.717, 1.165) is 0 Å². The van der Waals surface area contributed by atoms with Gasteiger partial charge >= 0.3 is 0 Å². The molecular weight excluding hydrogens is 206 g/mol. The lowest BCUT2D eigenvalue weighted by Crippen LogP contribution is -2.48. The molecule has 1 saturated heterocycles. The summed E-state index contributed by atoms with van der Waals surface area (Å²) in [4.78, 5) is 10.7. The van der Waals surface area contributed by atoms with Gasteiger partial charge in [0.1, 0.15) is 24.4 Å². The van der Waals surface area contributed by atoms with Crippen LogP contribution in [0.5, 0.6) is 0 Å². The minimum absolute atomic E-state index is 0.430. The van der Waals surface area contributed by atoms with Crippen LogP contribution in [0.3, 0.4) is 0 Å². The van der Waals surface area contributed by atoms with Crippen LogP contribution in [0.4, 0.5) is 0 Å². The summed E-state index contributed by atoms with van der Waals surface area (Å²) in [6, 6.07) is -0.992. The van der Waals surface area contributed by atoms with Crippen LogP contribution in [0.1, 0.15) is 6.92 Å². The number of carbonyl (C=O) groups excluding carboxylic acids is 1. The van der Waals surface area contributed by atoms with Gasteiger partial charge in [0, 0.05) is 6.92 Å². The Hall–Kier alpha value is -0.730. The van der Waals surface area contributed by atoms with Gasteiger partial charge in [0.15, 0.2) is 6.29 Å². The van der Waals surface area contributed by atoms with Crippen molar-refractivity contribution in [3.8, 4) is 0 Å². The number of aliphatic hydroxyl groups excluding tert-OH is 4. The second kappa shape index (κ2) is 4.86. The number of amides is 1. The van der Waals surface area contributed by atoms with Gasteiger partial charge in [-0.25, -0.2) is 0 Å². The van der Waals surface area contributed by atoms with E-state index in [9.17, 15) is 20.1 Å². The van der Waals surface area contributed by atoms with Crippen molar-refractivity contribution in [2.45, 2.75) is 37.6 Å². The Morgan fingerprint density at radius 1 is 1.53 bits per heavy atom. The van der Waals surface area contributed by atoms with Crippen molar-refractivity contribution in [2.24, 2.45) is 0 Å². The molecule has 5 N–H and O–H groups in total. The molecule has 0 saturated carbocycles. The van der Waals surface area contributed by atoms with E-state index in [2.05, 4.69) is 5.32 Å². The van der Waals surface area contributed by atoms with Gasteiger partial charge in [0.25, 0.3) is 0 Å². The number of hydrogen-bond acceptors (Lipinski definition) is 6. The Balaban J connectivity index is 2.65. The molecule has 7 heteroatoms. The number of ether oxygens (including phenoxy) is 1. The number of carbonyl (C=O) groups is 1. The van der Waals surface area contributed by atoms with Gasteiger partial charge in [0.05, 0.1) is 6.61 Å². The van der Waals surface area contributed by atoms with E-state index in [1.807, 2.05) is 0 Å². The molecule has 1 aliphatic rings. The largest absolute Gasteiger partial charge is 0.394 e. The van der Waals surface area contributed by atoms with E-state index in [0.29, 0.717) is 0 Å². The van der Waals surface area contributed by atoms with Gasteiger partial charge in [-0.3, -0.25) is 4.79 Å². The molecule has 1 heterocycles. The van der Waals surface area contributed by atoms with Gasteiger partial charge in [-0.15, -0.1) is 0 Å². The predicted octanol–water partition coefficient (Wildman–Crippen LogP) is -3.08. The summed E-state index contributed by atoms with van der Waals surface area (Å²) in [6.45, 7) is 0.635. The summed E-state index contributed by atoms with van der Waals surface area (Å²) in [6.07, 6.45) is -5.06. The average molecular weight is 221 g/mol. The van der Waals surface area contributed by atoms with Crippen molar-refractivity contribution in [1.82, 2.24) is 5.32 Å².